The molecule has 0 heteroatoms. The van der Waals surface area contributed by atoms with Crippen molar-refractivity contribution in [2.75, 3.05) is 0 Å². The summed E-state index contributed by atoms with van der Waals surface area (Å²) in [5.74, 6) is 0.492. The van der Waals surface area contributed by atoms with E-state index in [-0.39, 0.29) is 0 Å². The largest absolute Gasteiger partial charge is 0.0622 e. The Labute approximate surface area is 126 Å². The van der Waals surface area contributed by atoms with Crippen LogP contribution in [0, 0.1) is 5.92 Å². The topological polar surface area (TPSA) is 0 Å². The van der Waals surface area contributed by atoms with Gasteiger partial charge in [0.05, 0.1) is 0 Å². The molecule has 0 N–H and O–H groups in total. The molecule has 0 aliphatic carbocycles. The first-order valence-electron chi connectivity index (χ1n) is 7.50. The normalized spacial score (nSPS) is 12.0. The van der Waals surface area contributed by atoms with Crippen LogP contribution in [0.3, 0.4) is 0 Å². The van der Waals surface area contributed by atoms with Crippen molar-refractivity contribution in [2.45, 2.75) is 13.8 Å². The average molecular weight is 272 g/mol. The first-order chi connectivity index (χ1) is 10.3. The minimum absolute atomic E-state index is 0.492. The second-order valence-corrected chi connectivity index (χ2v) is 5.69. The molecule has 0 fully saturated rings. The summed E-state index contributed by atoms with van der Waals surface area (Å²) in [5.41, 5.74) is 3.98. The molecule has 0 radical (unpaired) electrons. The molecule has 0 amide bonds. The molecular weight excluding hydrogens is 252 g/mol. The SMILES string of the molecule is CC(C)/C(=C/c1cccc2ccccc12)c1ccccc1. The molecule has 0 spiro atoms. The Morgan fingerprint density at radius 3 is 2.19 bits per heavy atom. The molecule has 0 aliphatic rings. The highest BCUT2D eigenvalue weighted by atomic mass is 14.1. The number of rotatable bonds is 3. The fourth-order valence-corrected chi connectivity index (χ4v) is 2.76. The molecule has 3 aromatic carbocycles. The minimum atomic E-state index is 0.492. The van der Waals surface area contributed by atoms with Gasteiger partial charge in [0.1, 0.15) is 0 Å². The third-order valence-corrected chi connectivity index (χ3v) is 3.86. The van der Waals surface area contributed by atoms with Crippen molar-refractivity contribution in [3.63, 3.8) is 0 Å². The lowest BCUT2D eigenvalue weighted by Crippen LogP contribution is -1.93. The number of benzene rings is 3. The highest BCUT2D eigenvalue weighted by Gasteiger charge is 2.07. The second kappa shape index (κ2) is 5.97. The molecule has 0 heterocycles. The van der Waals surface area contributed by atoms with Crippen molar-refractivity contribution in [1.82, 2.24) is 0 Å². The van der Waals surface area contributed by atoms with Crippen molar-refractivity contribution in [2.24, 2.45) is 5.92 Å². The summed E-state index contributed by atoms with van der Waals surface area (Å²) in [5, 5.41) is 2.61. The van der Waals surface area contributed by atoms with Gasteiger partial charge >= 0.3 is 0 Å². The van der Waals surface area contributed by atoms with Gasteiger partial charge in [-0.15, -0.1) is 0 Å². The maximum Gasteiger partial charge on any atom is -0.0111 e. The molecular formula is C21H20. The van der Waals surface area contributed by atoms with Gasteiger partial charge in [-0.2, -0.15) is 0 Å². The second-order valence-electron chi connectivity index (χ2n) is 5.69. The number of allylic oxidation sites excluding steroid dienone is 1. The van der Waals surface area contributed by atoms with Gasteiger partial charge in [-0.05, 0) is 33.4 Å². The quantitative estimate of drug-likeness (QED) is 0.510. The Morgan fingerprint density at radius 1 is 0.762 bits per heavy atom. The summed E-state index contributed by atoms with van der Waals surface area (Å²) in [7, 11) is 0. The molecule has 0 saturated carbocycles. The number of fused-ring (bicyclic) bond motifs is 1. The standard InChI is InChI=1S/C21H20/c1-16(2)21(18-9-4-3-5-10-18)15-19-13-8-12-17-11-6-7-14-20(17)19/h3-16H,1-2H3/b21-15-. The van der Waals surface area contributed by atoms with Gasteiger partial charge in [-0.3, -0.25) is 0 Å². The Bertz CT molecular complexity index is 759. The molecule has 0 nitrogen and oxygen atoms in total. The fraction of sp³-hybridized carbons (Fsp3) is 0.143. The third kappa shape index (κ3) is 2.90. The van der Waals surface area contributed by atoms with Crippen molar-refractivity contribution >= 4 is 22.4 Å². The van der Waals surface area contributed by atoms with Crippen LogP contribution in [0.2, 0.25) is 0 Å². The molecule has 21 heavy (non-hydrogen) atoms. The molecule has 0 unspecified atom stereocenters. The predicted molar refractivity (Wildman–Crippen MR) is 93.1 cm³/mol. The van der Waals surface area contributed by atoms with E-state index in [9.17, 15) is 0 Å². The smallest absolute Gasteiger partial charge is 0.0111 e. The predicted octanol–water partition coefficient (Wildman–Crippen LogP) is 6.04. The summed E-state index contributed by atoms with van der Waals surface area (Å²) in [4.78, 5) is 0. The van der Waals surface area contributed by atoms with E-state index < -0.39 is 0 Å². The number of hydrogen-bond donors (Lipinski definition) is 0. The monoisotopic (exact) mass is 272 g/mol. The maximum absolute atomic E-state index is 2.34. The third-order valence-electron chi connectivity index (χ3n) is 3.86. The zero-order valence-electron chi connectivity index (χ0n) is 12.6. The Kier molecular flexibility index (Phi) is 3.87. The molecule has 3 rings (SSSR count). The summed E-state index contributed by atoms with van der Waals surface area (Å²) in [6.07, 6.45) is 2.34. The van der Waals surface area contributed by atoms with E-state index in [0.717, 1.165) is 0 Å². The molecule has 0 bridgehead atoms. The summed E-state index contributed by atoms with van der Waals surface area (Å²) < 4.78 is 0. The van der Waals surface area contributed by atoms with Crippen molar-refractivity contribution in [3.05, 3.63) is 83.9 Å². The van der Waals surface area contributed by atoms with Crippen LogP contribution in [0.25, 0.3) is 22.4 Å². The van der Waals surface area contributed by atoms with Crippen LogP contribution in [0.5, 0.6) is 0 Å². The molecule has 0 aromatic heterocycles. The Balaban J connectivity index is 2.17. The highest BCUT2D eigenvalue weighted by molar-refractivity contribution is 5.95. The average Bonchev–Trinajstić information content (AvgIpc) is 2.53. The van der Waals surface area contributed by atoms with Crippen molar-refractivity contribution in [3.8, 4) is 0 Å². The molecule has 0 aliphatic heterocycles. The van der Waals surface area contributed by atoms with Gasteiger partial charge in [0, 0.05) is 0 Å². The van der Waals surface area contributed by atoms with Crippen LogP contribution in [0.1, 0.15) is 25.0 Å². The molecule has 104 valence electrons. The Hall–Kier alpha value is -2.34. The van der Waals surface area contributed by atoms with E-state index in [2.05, 4.69) is 92.7 Å². The van der Waals surface area contributed by atoms with E-state index in [4.69, 9.17) is 0 Å². The maximum atomic E-state index is 2.34. The van der Waals surface area contributed by atoms with E-state index in [0.29, 0.717) is 5.92 Å². The van der Waals surface area contributed by atoms with Crippen LogP contribution in [-0.4, -0.2) is 0 Å². The van der Waals surface area contributed by atoms with Gasteiger partial charge < -0.3 is 0 Å². The zero-order chi connectivity index (χ0) is 14.7. The van der Waals surface area contributed by atoms with Crippen LogP contribution >= 0.6 is 0 Å². The Morgan fingerprint density at radius 2 is 1.43 bits per heavy atom. The van der Waals surface area contributed by atoms with Gasteiger partial charge in [0.25, 0.3) is 0 Å². The van der Waals surface area contributed by atoms with E-state index in [1.807, 2.05) is 0 Å². The minimum Gasteiger partial charge on any atom is -0.0622 e. The van der Waals surface area contributed by atoms with E-state index in [1.54, 1.807) is 0 Å². The molecule has 3 aromatic rings. The first kappa shape index (κ1) is 13.6. The van der Waals surface area contributed by atoms with Gasteiger partial charge in [0.2, 0.25) is 0 Å². The van der Waals surface area contributed by atoms with Crippen LogP contribution in [-0.2, 0) is 0 Å². The van der Waals surface area contributed by atoms with Crippen LogP contribution in [0.15, 0.2) is 72.8 Å². The zero-order valence-corrected chi connectivity index (χ0v) is 12.6. The van der Waals surface area contributed by atoms with E-state index >= 15 is 0 Å². The molecule has 0 atom stereocenters. The summed E-state index contributed by atoms with van der Waals surface area (Å²) in [6, 6.07) is 25.7. The van der Waals surface area contributed by atoms with E-state index in [1.165, 1.54) is 27.5 Å². The van der Waals surface area contributed by atoms with Crippen LogP contribution < -0.4 is 0 Å². The van der Waals surface area contributed by atoms with Gasteiger partial charge in [0.15, 0.2) is 0 Å². The van der Waals surface area contributed by atoms with Gasteiger partial charge in [-0.25, -0.2) is 0 Å². The van der Waals surface area contributed by atoms with Crippen LogP contribution in [0.4, 0.5) is 0 Å². The summed E-state index contributed by atoms with van der Waals surface area (Å²) >= 11 is 0. The fourth-order valence-electron chi connectivity index (χ4n) is 2.76. The lowest BCUT2D eigenvalue weighted by molar-refractivity contribution is 0.859. The highest BCUT2D eigenvalue weighted by Crippen LogP contribution is 2.28. The van der Waals surface area contributed by atoms with Gasteiger partial charge in [-0.1, -0.05) is 92.7 Å². The number of hydrogen-bond acceptors (Lipinski definition) is 0. The first-order valence-corrected chi connectivity index (χ1v) is 7.50. The lowest BCUT2D eigenvalue weighted by Gasteiger charge is -2.13. The van der Waals surface area contributed by atoms with Crippen molar-refractivity contribution < 1.29 is 0 Å². The van der Waals surface area contributed by atoms with Crippen molar-refractivity contribution in [1.29, 1.82) is 0 Å². The lowest BCUT2D eigenvalue weighted by atomic mass is 9.92. The summed E-state index contributed by atoms with van der Waals surface area (Å²) in [6.45, 7) is 4.51. The molecule has 0 saturated heterocycles.